The van der Waals surface area contributed by atoms with E-state index in [0.717, 1.165) is 12.1 Å². The minimum absolute atomic E-state index is 0.0242. The minimum atomic E-state index is -4.59. The number of aryl methyl sites for hydroxylation is 1. The van der Waals surface area contributed by atoms with E-state index in [4.69, 9.17) is 0 Å². The summed E-state index contributed by atoms with van der Waals surface area (Å²) in [5, 5.41) is 2.64. The van der Waals surface area contributed by atoms with E-state index in [-0.39, 0.29) is 28.2 Å². The molecule has 1 heterocycles. The lowest BCUT2D eigenvalue weighted by atomic mass is 9.87. The van der Waals surface area contributed by atoms with E-state index in [9.17, 15) is 30.8 Å². The van der Waals surface area contributed by atoms with Crippen LogP contribution in [0.4, 0.5) is 23.2 Å². The maximum atomic E-state index is 14.3. The van der Waals surface area contributed by atoms with Crippen molar-refractivity contribution >= 4 is 21.4 Å². The number of alkyl halides is 3. The van der Waals surface area contributed by atoms with Crippen LogP contribution in [0.1, 0.15) is 36.0 Å². The van der Waals surface area contributed by atoms with Crippen molar-refractivity contribution in [2.24, 2.45) is 0 Å². The van der Waals surface area contributed by atoms with E-state index in [1.165, 1.54) is 12.1 Å². The number of carbonyl (C=O) groups excluding carboxylic acids is 1. The highest BCUT2D eigenvalue weighted by Crippen LogP contribution is 2.54. The van der Waals surface area contributed by atoms with Gasteiger partial charge in [0, 0.05) is 16.7 Å². The lowest BCUT2D eigenvalue weighted by molar-refractivity contribution is -0.137. The number of nitrogens with one attached hydrogen (secondary N) is 1. The maximum absolute atomic E-state index is 14.3. The normalized spacial score (nSPS) is 18.3. The second kappa shape index (κ2) is 7.19. The van der Waals surface area contributed by atoms with E-state index in [1.807, 2.05) is 0 Å². The van der Waals surface area contributed by atoms with Gasteiger partial charge in [0.25, 0.3) is 5.91 Å². The first-order valence-corrected chi connectivity index (χ1v) is 11.3. The molecular weight excluding hydrogens is 434 g/mol. The molecule has 1 aliphatic heterocycles. The van der Waals surface area contributed by atoms with Crippen LogP contribution in [0.5, 0.6) is 0 Å². The van der Waals surface area contributed by atoms with Gasteiger partial charge in [0.1, 0.15) is 5.82 Å². The van der Waals surface area contributed by atoms with Crippen LogP contribution in [-0.2, 0) is 32.6 Å². The van der Waals surface area contributed by atoms with Crippen LogP contribution < -0.4 is 5.32 Å². The van der Waals surface area contributed by atoms with Gasteiger partial charge in [0.15, 0.2) is 9.84 Å². The van der Waals surface area contributed by atoms with Crippen LogP contribution in [0.2, 0.25) is 0 Å². The second-order valence-electron chi connectivity index (χ2n) is 8.10. The monoisotopic (exact) mass is 453 g/mol. The zero-order chi connectivity index (χ0) is 22.6. The molecule has 31 heavy (non-hydrogen) atoms. The zero-order valence-corrected chi connectivity index (χ0v) is 17.2. The summed E-state index contributed by atoms with van der Waals surface area (Å²) < 4.78 is 77.3. The van der Waals surface area contributed by atoms with Gasteiger partial charge in [0.2, 0.25) is 0 Å². The van der Waals surface area contributed by atoms with Gasteiger partial charge >= 0.3 is 6.18 Å². The Kier molecular flexibility index (Phi) is 4.99. The third-order valence-corrected chi connectivity index (χ3v) is 7.70. The Labute approximate surface area is 176 Å². The highest BCUT2D eigenvalue weighted by atomic mass is 32.2. The number of sulfone groups is 1. The fourth-order valence-corrected chi connectivity index (χ4v) is 5.56. The molecular formula is C22H19F4NO3S. The summed E-state index contributed by atoms with van der Waals surface area (Å²) in [7, 11) is -3.28. The molecule has 164 valence electrons. The molecule has 4 rings (SSSR count). The largest absolute Gasteiger partial charge is 0.416 e. The quantitative estimate of drug-likeness (QED) is 0.523. The van der Waals surface area contributed by atoms with Crippen molar-refractivity contribution in [1.82, 2.24) is 0 Å². The first-order chi connectivity index (χ1) is 14.4. The summed E-state index contributed by atoms with van der Waals surface area (Å²) in [6.07, 6.45) is -3.30. The fraction of sp³-hybridized carbons (Fsp3) is 0.318. The highest BCUT2D eigenvalue weighted by molar-refractivity contribution is 7.91. The Morgan fingerprint density at radius 2 is 1.84 bits per heavy atom. The molecule has 0 saturated heterocycles. The van der Waals surface area contributed by atoms with Crippen molar-refractivity contribution in [3.05, 3.63) is 71.1 Å². The number of amides is 1. The number of fused-ring (bicyclic) bond motifs is 1. The summed E-state index contributed by atoms with van der Waals surface area (Å²) in [5.74, 6) is -1.25. The minimum Gasteiger partial charge on any atom is -0.322 e. The van der Waals surface area contributed by atoms with E-state index in [2.05, 4.69) is 11.9 Å². The number of hydrogen-bond acceptors (Lipinski definition) is 3. The molecule has 0 unspecified atom stereocenters. The zero-order valence-electron chi connectivity index (χ0n) is 16.4. The van der Waals surface area contributed by atoms with Crippen molar-refractivity contribution in [3.63, 3.8) is 0 Å². The second-order valence-corrected chi connectivity index (χ2v) is 10.2. The lowest BCUT2D eigenvalue weighted by Gasteiger charge is -2.19. The number of rotatable bonds is 5. The molecule has 2 aliphatic rings. The van der Waals surface area contributed by atoms with Crippen LogP contribution >= 0.6 is 0 Å². The Balaban J connectivity index is 1.49. The van der Waals surface area contributed by atoms with Crippen molar-refractivity contribution in [2.75, 3.05) is 11.1 Å². The van der Waals surface area contributed by atoms with Gasteiger partial charge < -0.3 is 5.32 Å². The van der Waals surface area contributed by atoms with Gasteiger partial charge in [-0.25, -0.2) is 12.8 Å². The third kappa shape index (κ3) is 4.11. The lowest BCUT2D eigenvalue weighted by Crippen LogP contribution is -2.20. The molecule has 1 saturated carbocycles. The van der Waals surface area contributed by atoms with Gasteiger partial charge in [-0.3, -0.25) is 4.79 Å². The predicted octanol–water partition coefficient (Wildman–Crippen LogP) is 4.79. The summed E-state index contributed by atoms with van der Waals surface area (Å²) >= 11 is 0. The molecule has 2 aromatic rings. The number of halogens is 4. The Bertz CT molecular complexity index is 1200. The van der Waals surface area contributed by atoms with Gasteiger partial charge in [0.05, 0.1) is 16.2 Å². The number of anilines is 1. The molecule has 0 bridgehead atoms. The molecule has 0 spiro atoms. The SMILES string of the molecule is C=C(CC1(c2cc(C(F)(F)F)ccc2F)CC1)C(=O)Nc1ccc2c(c1)CCS2(=O)=O. The smallest absolute Gasteiger partial charge is 0.322 e. The van der Waals surface area contributed by atoms with E-state index < -0.39 is 38.7 Å². The molecule has 9 heteroatoms. The first kappa shape index (κ1) is 21.5. The van der Waals surface area contributed by atoms with Gasteiger partial charge in [-0.05, 0) is 73.2 Å². The Morgan fingerprint density at radius 1 is 1.13 bits per heavy atom. The Morgan fingerprint density at radius 3 is 2.48 bits per heavy atom. The van der Waals surface area contributed by atoms with Crippen LogP contribution in [0.3, 0.4) is 0 Å². The Hall–Kier alpha value is -2.68. The molecule has 1 fully saturated rings. The molecule has 1 amide bonds. The van der Waals surface area contributed by atoms with Crippen LogP contribution in [0, 0.1) is 5.82 Å². The highest BCUT2D eigenvalue weighted by Gasteiger charge is 2.47. The number of benzene rings is 2. The molecule has 0 aromatic heterocycles. The van der Waals surface area contributed by atoms with Crippen LogP contribution in [-0.4, -0.2) is 20.1 Å². The summed E-state index contributed by atoms with van der Waals surface area (Å²) in [5.41, 5.74) is -0.740. The third-order valence-electron chi connectivity index (χ3n) is 5.89. The maximum Gasteiger partial charge on any atom is 0.416 e. The summed E-state index contributed by atoms with van der Waals surface area (Å²) in [4.78, 5) is 12.8. The first-order valence-electron chi connectivity index (χ1n) is 9.63. The number of hydrogen-bond donors (Lipinski definition) is 1. The molecule has 4 nitrogen and oxygen atoms in total. The predicted molar refractivity (Wildman–Crippen MR) is 107 cm³/mol. The van der Waals surface area contributed by atoms with Gasteiger partial charge in [-0.2, -0.15) is 13.2 Å². The average molecular weight is 453 g/mol. The fourth-order valence-electron chi connectivity index (χ4n) is 4.02. The van der Waals surface area contributed by atoms with E-state index in [0.29, 0.717) is 36.6 Å². The molecule has 0 atom stereocenters. The van der Waals surface area contributed by atoms with Crippen molar-refractivity contribution in [1.29, 1.82) is 0 Å². The molecule has 1 N–H and O–H groups in total. The van der Waals surface area contributed by atoms with Gasteiger partial charge in [-0.1, -0.05) is 6.58 Å². The van der Waals surface area contributed by atoms with Crippen LogP contribution in [0.15, 0.2) is 53.4 Å². The number of carbonyl (C=O) groups is 1. The summed E-state index contributed by atoms with van der Waals surface area (Å²) in [6, 6.07) is 6.83. The standard InChI is InChI=1S/C22H19F4NO3S/c1-13(20(28)27-16-3-5-19-14(10-16)6-9-31(19,29)30)12-21(7-8-21)17-11-15(22(24,25)26)2-4-18(17)23/h2-5,10-11H,1,6-9,12H2,(H,27,28). The topological polar surface area (TPSA) is 63.2 Å². The average Bonchev–Trinajstić information content (AvgIpc) is 3.39. The molecule has 1 aliphatic carbocycles. The van der Waals surface area contributed by atoms with E-state index in [1.54, 1.807) is 6.07 Å². The van der Waals surface area contributed by atoms with Crippen LogP contribution in [0.25, 0.3) is 0 Å². The molecule has 0 radical (unpaired) electrons. The van der Waals surface area contributed by atoms with E-state index >= 15 is 0 Å². The van der Waals surface area contributed by atoms with Crippen molar-refractivity contribution < 1.29 is 30.8 Å². The van der Waals surface area contributed by atoms with Gasteiger partial charge in [-0.15, -0.1) is 0 Å². The summed E-state index contributed by atoms with van der Waals surface area (Å²) in [6.45, 7) is 3.75. The van der Waals surface area contributed by atoms with Crippen molar-refractivity contribution in [3.8, 4) is 0 Å². The molecule has 2 aromatic carbocycles. The van der Waals surface area contributed by atoms with Crippen molar-refractivity contribution in [2.45, 2.75) is 42.2 Å².